The molecule has 0 fully saturated rings. The van der Waals surface area contributed by atoms with E-state index in [-0.39, 0.29) is 11.3 Å². The Morgan fingerprint density at radius 3 is 2.67 bits per heavy atom. The van der Waals surface area contributed by atoms with Crippen LogP contribution >= 0.6 is 23.4 Å². The van der Waals surface area contributed by atoms with Crippen LogP contribution in [0.4, 0.5) is 0 Å². The van der Waals surface area contributed by atoms with Gasteiger partial charge in [0.15, 0.2) is 10.9 Å². The van der Waals surface area contributed by atoms with Crippen LogP contribution in [-0.4, -0.2) is 22.0 Å². The van der Waals surface area contributed by atoms with Crippen molar-refractivity contribution in [3.8, 4) is 0 Å². The number of hydrogen-bond donors (Lipinski definition) is 1. The quantitative estimate of drug-likeness (QED) is 0.582. The number of halogens is 1. The standard InChI is InChI=1S/C20H22ClN3O2S/c1-20(2,14-4-6-15(21)7-5-14)13-23-18(25)17-9-8-16(26-17)12-27-19-22-10-11-24(19)3/h4-11H,12-13H2,1-3H3,(H,23,25). The van der Waals surface area contributed by atoms with Crippen molar-refractivity contribution in [2.45, 2.75) is 30.2 Å². The lowest BCUT2D eigenvalue weighted by molar-refractivity contribution is 0.0916. The number of aryl methyl sites for hydroxylation is 1. The Morgan fingerprint density at radius 2 is 2.00 bits per heavy atom. The number of thioether (sulfide) groups is 1. The molecule has 5 nitrogen and oxygen atoms in total. The SMILES string of the molecule is Cn1ccnc1SCc1ccc(C(=O)NCC(C)(C)c2ccc(Cl)cc2)o1. The predicted octanol–water partition coefficient (Wildman–Crippen LogP) is 4.67. The molecule has 1 aromatic carbocycles. The molecule has 0 saturated carbocycles. The average Bonchev–Trinajstić information content (AvgIpc) is 3.27. The fourth-order valence-electron chi connectivity index (χ4n) is 2.60. The van der Waals surface area contributed by atoms with Crippen LogP contribution in [0.15, 0.2) is 58.4 Å². The van der Waals surface area contributed by atoms with E-state index in [1.54, 1.807) is 24.0 Å². The zero-order valence-corrected chi connectivity index (χ0v) is 17.1. The van der Waals surface area contributed by atoms with Gasteiger partial charge in [-0.3, -0.25) is 4.79 Å². The van der Waals surface area contributed by atoms with Gasteiger partial charge in [0.05, 0.1) is 5.75 Å². The second-order valence-electron chi connectivity index (χ2n) is 6.95. The Kier molecular flexibility index (Phi) is 5.97. The third kappa shape index (κ3) is 4.96. The molecule has 2 aromatic heterocycles. The molecule has 142 valence electrons. The van der Waals surface area contributed by atoms with Crippen molar-refractivity contribution < 1.29 is 9.21 Å². The maximum Gasteiger partial charge on any atom is 0.287 e. The fourth-order valence-corrected chi connectivity index (χ4v) is 3.55. The summed E-state index contributed by atoms with van der Waals surface area (Å²) in [6, 6.07) is 11.2. The van der Waals surface area contributed by atoms with Gasteiger partial charge in [-0.25, -0.2) is 4.98 Å². The first kappa shape index (κ1) is 19.6. The number of benzene rings is 1. The Balaban J connectivity index is 1.56. The minimum atomic E-state index is -0.219. The molecule has 1 amide bonds. The zero-order valence-electron chi connectivity index (χ0n) is 15.5. The Hall–Kier alpha value is -2.18. The lowest BCUT2D eigenvalue weighted by Crippen LogP contribution is -2.36. The molecule has 0 atom stereocenters. The molecule has 0 radical (unpaired) electrons. The summed E-state index contributed by atoms with van der Waals surface area (Å²) in [5, 5.41) is 4.56. The first-order valence-corrected chi connectivity index (χ1v) is 9.94. The van der Waals surface area contributed by atoms with Crippen molar-refractivity contribution in [2.24, 2.45) is 7.05 Å². The van der Waals surface area contributed by atoms with Gasteiger partial charge in [0, 0.05) is 36.4 Å². The molecule has 0 saturated heterocycles. The second-order valence-corrected chi connectivity index (χ2v) is 8.33. The van der Waals surface area contributed by atoms with Crippen LogP contribution < -0.4 is 5.32 Å². The third-order valence-corrected chi connectivity index (χ3v) is 5.65. The molecular weight excluding hydrogens is 382 g/mol. The van der Waals surface area contributed by atoms with Crippen molar-refractivity contribution in [1.82, 2.24) is 14.9 Å². The van der Waals surface area contributed by atoms with E-state index in [0.717, 1.165) is 16.5 Å². The Morgan fingerprint density at radius 1 is 1.26 bits per heavy atom. The summed E-state index contributed by atoms with van der Waals surface area (Å²) in [6.07, 6.45) is 3.65. The molecule has 7 heteroatoms. The number of furan rings is 1. The monoisotopic (exact) mass is 403 g/mol. The third-order valence-electron chi connectivity index (χ3n) is 4.32. The molecular formula is C20H22ClN3O2S. The van der Waals surface area contributed by atoms with E-state index in [4.69, 9.17) is 16.0 Å². The largest absolute Gasteiger partial charge is 0.455 e. The van der Waals surface area contributed by atoms with Crippen molar-refractivity contribution in [3.05, 3.63) is 70.9 Å². The number of hydrogen-bond acceptors (Lipinski definition) is 4. The molecule has 0 bridgehead atoms. The van der Waals surface area contributed by atoms with Crippen molar-refractivity contribution in [2.75, 3.05) is 6.54 Å². The van der Waals surface area contributed by atoms with Gasteiger partial charge in [-0.1, -0.05) is 49.3 Å². The summed E-state index contributed by atoms with van der Waals surface area (Å²) in [4.78, 5) is 16.7. The van der Waals surface area contributed by atoms with Gasteiger partial charge in [0.2, 0.25) is 0 Å². The average molecular weight is 404 g/mol. The summed E-state index contributed by atoms with van der Waals surface area (Å²) in [7, 11) is 1.94. The van der Waals surface area contributed by atoms with Gasteiger partial charge < -0.3 is 14.3 Å². The number of imidazole rings is 1. The number of nitrogens with zero attached hydrogens (tertiary/aromatic N) is 2. The maximum absolute atomic E-state index is 12.4. The van der Waals surface area contributed by atoms with E-state index in [1.165, 1.54) is 0 Å². The summed E-state index contributed by atoms with van der Waals surface area (Å²) < 4.78 is 7.63. The first-order chi connectivity index (χ1) is 12.8. The van der Waals surface area contributed by atoms with Gasteiger partial charge in [-0.2, -0.15) is 0 Å². The second kappa shape index (κ2) is 8.23. The maximum atomic E-state index is 12.4. The molecule has 3 rings (SSSR count). The van der Waals surface area contributed by atoms with Crippen LogP contribution in [-0.2, 0) is 18.2 Å². The first-order valence-electron chi connectivity index (χ1n) is 8.58. The highest BCUT2D eigenvalue weighted by Crippen LogP contribution is 2.25. The highest BCUT2D eigenvalue weighted by molar-refractivity contribution is 7.98. The van der Waals surface area contributed by atoms with Crippen molar-refractivity contribution >= 4 is 29.3 Å². The van der Waals surface area contributed by atoms with E-state index in [2.05, 4.69) is 24.1 Å². The van der Waals surface area contributed by atoms with E-state index in [0.29, 0.717) is 23.1 Å². The number of nitrogens with one attached hydrogen (secondary N) is 1. The van der Waals surface area contributed by atoms with Gasteiger partial charge >= 0.3 is 0 Å². The van der Waals surface area contributed by atoms with Crippen molar-refractivity contribution in [3.63, 3.8) is 0 Å². The van der Waals surface area contributed by atoms with E-state index >= 15 is 0 Å². The molecule has 0 aliphatic rings. The Labute approximate surface area is 168 Å². The summed E-state index contributed by atoms with van der Waals surface area (Å²) in [6.45, 7) is 4.65. The highest BCUT2D eigenvalue weighted by atomic mass is 35.5. The van der Waals surface area contributed by atoms with Gasteiger partial charge in [-0.15, -0.1) is 0 Å². The van der Waals surface area contributed by atoms with Crippen LogP contribution in [0.1, 0.15) is 35.7 Å². The molecule has 0 aliphatic heterocycles. The van der Waals surface area contributed by atoms with Crippen molar-refractivity contribution in [1.29, 1.82) is 0 Å². The predicted molar refractivity (Wildman–Crippen MR) is 108 cm³/mol. The van der Waals surface area contributed by atoms with Crippen LogP contribution in [0.5, 0.6) is 0 Å². The van der Waals surface area contributed by atoms with Crippen LogP contribution in [0, 0.1) is 0 Å². The highest BCUT2D eigenvalue weighted by Gasteiger charge is 2.22. The lowest BCUT2D eigenvalue weighted by atomic mass is 9.84. The summed E-state index contributed by atoms with van der Waals surface area (Å²) in [5.74, 6) is 1.46. The Bertz CT molecular complexity index is 915. The topological polar surface area (TPSA) is 60.1 Å². The molecule has 3 aromatic rings. The smallest absolute Gasteiger partial charge is 0.287 e. The normalized spacial score (nSPS) is 11.6. The van der Waals surface area contributed by atoms with Gasteiger partial charge in [0.25, 0.3) is 5.91 Å². The molecule has 0 unspecified atom stereocenters. The van der Waals surface area contributed by atoms with Gasteiger partial charge in [0.1, 0.15) is 5.76 Å². The number of amides is 1. The van der Waals surface area contributed by atoms with Crippen LogP contribution in [0.2, 0.25) is 5.02 Å². The molecule has 0 spiro atoms. The van der Waals surface area contributed by atoms with E-state index < -0.39 is 0 Å². The van der Waals surface area contributed by atoms with Crippen LogP contribution in [0.3, 0.4) is 0 Å². The van der Waals surface area contributed by atoms with Crippen LogP contribution in [0.25, 0.3) is 0 Å². The molecule has 27 heavy (non-hydrogen) atoms. The van der Waals surface area contributed by atoms with Gasteiger partial charge in [-0.05, 0) is 29.8 Å². The summed E-state index contributed by atoms with van der Waals surface area (Å²) >= 11 is 7.51. The minimum absolute atomic E-state index is 0.217. The zero-order chi connectivity index (χ0) is 19.4. The number of carbonyl (C=O) groups is 1. The minimum Gasteiger partial charge on any atom is -0.455 e. The summed E-state index contributed by atoms with van der Waals surface area (Å²) in [5.41, 5.74) is 0.891. The fraction of sp³-hybridized carbons (Fsp3) is 0.300. The molecule has 2 heterocycles. The molecule has 1 N–H and O–H groups in total. The number of carbonyl (C=O) groups excluding carboxylic acids is 1. The lowest BCUT2D eigenvalue weighted by Gasteiger charge is -2.25. The molecule has 0 aliphatic carbocycles. The number of aromatic nitrogens is 2. The van der Waals surface area contributed by atoms with E-state index in [1.807, 2.05) is 48.1 Å². The number of rotatable bonds is 7. The van der Waals surface area contributed by atoms with E-state index in [9.17, 15) is 4.79 Å².